The monoisotopic (exact) mass is 452 g/mol. The van der Waals surface area contributed by atoms with Crippen LogP contribution in [0.15, 0.2) is 59.2 Å². The van der Waals surface area contributed by atoms with E-state index < -0.39 is 0 Å². The van der Waals surface area contributed by atoms with E-state index in [2.05, 4.69) is 104 Å². The highest BCUT2D eigenvalue weighted by Gasteiger charge is 2.11. The highest BCUT2D eigenvalue weighted by molar-refractivity contribution is 14.1. The fraction of sp³-hybridized carbons (Fsp3) is 0.118. The molecule has 0 atom stereocenters. The largest absolute Gasteiger partial charge is 0.315 e. The third kappa shape index (κ3) is 3.21. The molecule has 2 aromatic carbocycles. The number of hydrogen-bond acceptors (Lipinski definition) is 1. The van der Waals surface area contributed by atoms with E-state index >= 15 is 0 Å². The molecule has 0 radical (unpaired) electrons. The molecule has 2 nitrogen and oxygen atoms in total. The minimum Gasteiger partial charge on any atom is -0.315 e. The molecule has 1 heterocycles. The van der Waals surface area contributed by atoms with Crippen molar-refractivity contribution >= 4 is 38.5 Å². The van der Waals surface area contributed by atoms with Gasteiger partial charge in [0.05, 0.1) is 12.7 Å². The topological polar surface area (TPSA) is 17.8 Å². The molecule has 3 aromatic rings. The number of nitrogens with zero attached hydrogens (tertiary/aromatic N) is 2. The Kier molecular flexibility index (Phi) is 4.45. The van der Waals surface area contributed by atoms with E-state index in [-0.39, 0.29) is 0 Å². The maximum absolute atomic E-state index is 4.58. The highest BCUT2D eigenvalue weighted by atomic mass is 127. The van der Waals surface area contributed by atoms with E-state index in [0.29, 0.717) is 0 Å². The van der Waals surface area contributed by atoms with Gasteiger partial charge in [-0.15, -0.1) is 0 Å². The van der Waals surface area contributed by atoms with Crippen LogP contribution in [0.2, 0.25) is 0 Å². The standard InChI is InChI=1S/C17H14BrIN2/c1-12-4-2-3-5-14(12)11-21-16(19)10-20-17(21)13-6-8-15(18)9-7-13/h2-10H,11H2,1H3. The van der Waals surface area contributed by atoms with Crippen molar-refractivity contribution in [3.05, 3.63) is 74.0 Å². The number of halogens is 2. The highest BCUT2D eigenvalue weighted by Crippen LogP contribution is 2.24. The van der Waals surface area contributed by atoms with Gasteiger partial charge >= 0.3 is 0 Å². The van der Waals surface area contributed by atoms with Crippen LogP contribution in [0.4, 0.5) is 0 Å². The summed E-state index contributed by atoms with van der Waals surface area (Å²) in [5.74, 6) is 1.01. The molecule has 0 spiro atoms. The lowest BCUT2D eigenvalue weighted by atomic mass is 10.1. The molecule has 0 saturated heterocycles. The first-order valence-corrected chi connectivity index (χ1v) is 8.54. The van der Waals surface area contributed by atoms with E-state index in [9.17, 15) is 0 Å². The predicted molar refractivity (Wildman–Crippen MR) is 98.4 cm³/mol. The van der Waals surface area contributed by atoms with Gasteiger partial charge in [0, 0.05) is 10.0 Å². The zero-order valence-electron chi connectivity index (χ0n) is 11.6. The van der Waals surface area contributed by atoms with Gasteiger partial charge in [0.2, 0.25) is 0 Å². The molecular weight excluding hydrogens is 439 g/mol. The molecule has 1 aromatic heterocycles. The lowest BCUT2D eigenvalue weighted by Gasteiger charge is -2.12. The molecular formula is C17H14BrIN2. The first-order valence-electron chi connectivity index (χ1n) is 6.66. The predicted octanol–water partition coefficient (Wildman–Crippen LogP) is 5.27. The Morgan fingerprint density at radius 1 is 1.10 bits per heavy atom. The molecule has 0 aliphatic rings. The van der Waals surface area contributed by atoms with Crippen molar-refractivity contribution in [2.75, 3.05) is 0 Å². The first kappa shape index (κ1) is 14.8. The molecule has 0 N–H and O–H groups in total. The molecule has 0 aliphatic heterocycles. The number of rotatable bonds is 3. The Labute approximate surface area is 146 Å². The summed E-state index contributed by atoms with van der Waals surface area (Å²) in [4.78, 5) is 4.58. The molecule has 0 fully saturated rings. The van der Waals surface area contributed by atoms with Crippen molar-refractivity contribution in [1.82, 2.24) is 9.55 Å². The van der Waals surface area contributed by atoms with Crippen molar-refractivity contribution in [2.24, 2.45) is 0 Å². The van der Waals surface area contributed by atoms with Crippen LogP contribution >= 0.6 is 38.5 Å². The second-order valence-corrected chi connectivity index (χ2v) is 6.94. The van der Waals surface area contributed by atoms with Crippen molar-refractivity contribution in [3.63, 3.8) is 0 Å². The van der Waals surface area contributed by atoms with Gasteiger partial charge in [0.15, 0.2) is 0 Å². The quantitative estimate of drug-likeness (QED) is 0.494. The van der Waals surface area contributed by atoms with Crippen LogP contribution in [-0.2, 0) is 6.54 Å². The smallest absolute Gasteiger partial charge is 0.141 e. The van der Waals surface area contributed by atoms with Gasteiger partial charge in [-0.1, -0.05) is 52.3 Å². The molecule has 4 heteroatoms. The molecule has 21 heavy (non-hydrogen) atoms. The van der Waals surface area contributed by atoms with Crippen LogP contribution < -0.4 is 0 Å². The number of imidazole rings is 1. The van der Waals surface area contributed by atoms with Gasteiger partial charge in [-0.3, -0.25) is 0 Å². The second kappa shape index (κ2) is 6.32. The van der Waals surface area contributed by atoms with E-state index in [1.807, 2.05) is 6.20 Å². The van der Waals surface area contributed by atoms with E-state index in [4.69, 9.17) is 0 Å². The van der Waals surface area contributed by atoms with Crippen molar-refractivity contribution in [1.29, 1.82) is 0 Å². The average molecular weight is 453 g/mol. The summed E-state index contributed by atoms with van der Waals surface area (Å²) < 4.78 is 4.48. The molecule has 0 saturated carbocycles. The minimum atomic E-state index is 0.844. The van der Waals surface area contributed by atoms with Crippen LogP contribution in [-0.4, -0.2) is 9.55 Å². The maximum atomic E-state index is 4.58. The Morgan fingerprint density at radius 2 is 1.81 bits per heavy atom. The summed E-state index contributed by atoms with van der Waals surface area (Å²) in [5, 5.41) is 0. The summed E-state index contributed by atoms with van der Waals surface area (Å²) in [6.45, 7) is 2.99. The molecule has 0 amide bonds. The fourth-order valence-electron chi connectivity index (χ4n) is 2.29. The summed E-state index contributed by atoms with van der Waals surface area (Å²) in [6.07, 6.45) is 1.93. The van der Waals surface area contributed by atoms with Crippen LogP contribution in [0.25, 0.3) is 11.4 Å². The Bertz CT molecular complexity index is 763. The van der Waals surface area contributed by atoms with Crippen LogP contribution in [0.1, 0.15) is 11.1 Å². The molecule has 0 bridgehead atoms. The van der Waals surface area contributed by atoms with Gasteiger partial charge in [-0.25, -0.2) is 4.98 Å². The second-order valence-electron chi connectivity index (χ2n) is 4.92. The van der Waals surface area contributed by atoms with E-state index in [1.165, 1.54) is 11.1 Å². The lowest BCUT2D eigenvalue weighted by Crippen LogP contribution is -2.05. The molecule has 0 unspecified atom stereocenters. The molecule has 0 aliphatic carbocycles. The molecule has 3 rings (SSSR count). The van der Waals surface area contributed by atoms with Gasteiger partial charge in [-0.05, 0) is 52.8 Å². The normalized spacial score (nSPS) is 10.8. The Hall–Kier alpha value is -1.14. The van der Waals surface area contributed by atoms with E-state index in [0.717, 1.165) is 26.1 Å². The fourth-order valence-corrected chi connectivity index (χ4v) is 3.10. The van der Waals surface area contributed by atoms with Crippen LogP contribution in [0.3, 0.4) is 0 Å². The summed E-state index contributed by atoms with van der Waals surface area (Å²) in [6, 6.07) is 16.8. The summed E-state index contributed by atoms with van der Waals surface area (Å²) in [7, 11) is 0. The Morgan fingerprint density at radius 3 is 2.52 bits per heavy atom. The van der Waals surface area contributed by atoms with Crippen LogP contribution in [0, 0.1) is 10.6 Å². The van der Waals surface area contributed by atoms with Gasteiger partial charge < -0.3 is 4.57 Å². The summed E-state index contributed by atoms with van der Waals surface area (Å²) in [5.41, 5.74) is 3.77. The van der Waals surface area contributed by atoms with Crippen molar-refractivity contribution < 1.29 is 0 Å². The van der Waals surface area contributed by atoms with Crippen molar-refractivity contribution in [3.8, 4) is 11.4 Å². The molecule has 106 valence electrons. The number of hydrogen-bond donors (Lipinski definition) is 0. The lowest BCUT2D eigenvalue weighted by molar-refractivity contribution is 0.783. The zero-order valence-corrected chi connectivity index (χ0v) is 15.3. The third-order valence-corrected chi connectivity index (χ3v) is 4.89. The average Bonchev–Trinajstić information content (AvgIpc) is 2.84. The SMILES string of the molecule is Cc1ccccc1Cn1c(I)cnc1-c1ccc(Br)cc1. The number of aryl methyl sites for hydroxylation is 1. The van der Waals surface area contributed by atoms with Crippen molar-refractivity contribution in [2.45, 2.75) is 13.5 Å². The minimum absolute atomic E-state index is 0.844. The number of benzene rings is 2. The third-order valence-electron chi connectivity index (χ3n) is 3.50. The zero-order chi connectivity index (χ0) is 14.8. The first-order chi connectivity index (χ1) is 10.1. The van der Waals surface area contributed by atoms with Gasteiger partial charge in [0.25, 0.3) is 0 Å². The Balaban J connectivity index is 2.01. The van der Waals surface area contributed by atoms with Gasteiger partial charge in [0.1, 0.15) is 9.53 Å². The maximum Gasteiger partial charge on any atom is 0.141 e. The van der Waals surface area contributed by atoms with E-state index in [1.54, 1.807) is 0 Å². The van der Waals surface area contributed by atoms with Crippen LogP contribution in [0.5, 0.6) is 0 Å². The van der Waals surface area contributed by atoms with Gasteiger partial charge in [-0.2, -0.15) is 0 Å². The summed E-state index contributed by atoms with van der Waals surface area (Å²) >= 11 is 5.82. The number of aromatic nitrogens is 2.